The van der Waals surface area contributed by atoms with E-state index in [1.807, 2.05) is 0 Å². The summed E-state index contributed by atoms with van der Waals surface area (Å²) in [5.74, 6) is 0.991. The van der Waals surface area contributed by atoms with Crippen molar-refractivity contribution in [3.8, 4) is 5.75 Å². The van der Waals surface area contributed by atoms with Crippen molar-refractivity contribution in [3.05, 3.63) is 29.3 Å². The molecule has 20 heavy (non-hydrogen) atoms. The smallest absolute Gasteiger partial charge is 0.119 e. The van der Waals surface area contributed by atoms with E-state index in [2.05, 4.69) is 37.4 Å². The van der Waals surface area contributed by atoms with Crippen LogP contribution >= 0.6 is 0 Å². The Labute approximate surface area is 122 Å². The van der Waals surface area contributed by atoms with Crippen LogP contribution in [0.5, 0.6) is 5.75 Å². The highest BCUT2D eigenvalue weighted by Crippen LogP contribution is 2.40. The van der Waals surface area contributed by atoms with Crippen molar-refractivity contribution in [1.82, 2.24) is 5.32 Å². The second kappa shape index (κ2) is 5.40. The van der Waals surface area contributed by atoms with Gasteiger partial charge in [0.2, 0.25) is 0 Å². The lowest BCUT2D eigenvalue weighted by Crippen LogP contribution is -2.41. The van der Waals surface area contributed by atoms with E-state index in [0.29, 0.717) is 17.5 Å². The fourth-order valence-corrected chi connectivity index (χ4v) is 3.97. The molecule has 1 aromatic carbocycles. The molecule has 2 nitrogen and oxygen atoms in total. The van der Waals surface area contributed by atoms with E-state index < -0.39 is 0 Å². The quantitative estimate of drug-likeness (QED) is 0.889. The van der Waals surface area contributed by atoms with Crippen LogP contribution in [-0.2, 0) is 6.42 Å². The zero-order valence-electron chi connectivity index (χ0n) is 13.0. The van der Waals surface area contributed by atoms with Crippen LogP contribution < -0.4 is 10.1 Å². The monoisotopic (exact) mass is 273 g/mol. The van der Waals surface area contributed by atoms with Gasteiger partial charge in [0, 0.05) is 12.1 Å². The molecule has 1 saturated carbocycles. The van der Waals surface area contributed by atoms with Gasteiger partial charge in [0.15, 0.2) is 0 Å². The van der Waals surface area contributed by atoms with Crippen molar-refractivity contribution >= 4 is 0 Å². The van der Waals surface area contributed by atoms with E-state index in [-0.39, 0.29) is 0 Å². The summed E-state index contributed by atoms with van der Waals surface area (Å²) in [6, 6.07) is 7.81. The second-order valence-electron chi connectivity index (χ2n) is 7.11. The third-order valence-electron chi connectivity index (χ3n) is 5.32. The third-order valence-corrected chi connectivity index (χ3v) is 5.32. The predicted octanol–water partition coefficient (Wildman–Crippen LogP) is 4.24. The summed E-state index contributed by atoms with van der Waals surface area (Å²) in [6.07, 6.45) is 7.80. The molecule has 1 fully saturated rings. The van der Waals surface area contributed by atoms with E-state index in [1.165, 1.54) is 49.7 Å². The van der Waals surface area contributed by atoms with E-state index in [4.69, 9.17) is 4.74 Å². The zero-order chi connectivity index (χ0) is 14.2. The molecule has 0 heterocycles. The van der Waals surface area contributed by atoms with Gasteiger partial charge in [0.05, 0.1) is 7.11 Å². The highest BCUT2D eigenvalue weighted by molar-refractivity contribution is 5.39. The number of fused-ring (bicyclic) bond motifs is 1. The van der Waals surface area contributed by atoms with Crippen LogP contribution in [-0.4, -0.2) is 13.2 Å². The minimum absolute atomic E-state index is 0.448. The van der Waals surface area contributed by atoms with Gasteiger partial charge in [0.25, 0.3) is 0 Å². The molecule has 2 aliphatic rings. The second-order valence-corrected chi connectivity index (χ2v) is 7.11. The molecule has 0 aliphatic heterocycles. The molecule has 3 rings (SSSR count). The molecule has 0 amide bonds. The fraction of sp³-hybridized carbons (Fsp3) is 0.667. The van der Waals surface area contributed by atoms with E-state index in [0.717, 1.165) is 5.75 Å². The SMILES string of the molecule is COc1ccc2c(c1)CCCC2NC1CCCC1(C)C. The van der Waals surface area contributed by atoms with Crippen molar-refractivity contribution in [2.45, 2.75) is 64.5 Å². The number of nitrogens with one attached hydrogen (secondary N) is 1. The molecule has 110 valence electrons. The van der Waals surface area contributed by atoms with Crippen LogP contribution in [0.15, 0.2) is 18.2 Å². The van der Waals surface area contributed by atoms with E-state index in [9.17, 15) is 0 Å². The normalized spacial score (nSPS) is 28.1. The first-order valence-corrected chi connectivity index (χ1v) is 8.03. The van der Waals surface area contributed by atoms with Crippen molar-refractivity contribution in [1.29, 1.82) is 0 Å². The minimum atomic E-state index is 0.448. The van der Waals surface area contributed by atoms with Gasteiger partial charge in [-0.15, -0.1) is 0 Å². The zero-order valence-corrected chi connectivity index (χ0v) is 13.0. The van der Waals surface area contributed by atoms with Gasteiger partial charge in [-0.3, -0.25) is 0 Å². The summed E-state index contributed by atoms with van der Waals surface area (Å²) in [5, 5.41) is 3.96. The lowest BCUT2D eigenvalue weighted by atomic mass is 9.83. The van der Waals surface area contributed by atoms with Gasteiger partial charge in [-0.05, 0) is 60.8 Å². The molecule has 0 aromatic heterocycles. The Hall–Kier alpha value is -1.02. The summed E-state index contributed by atoms with van der Waals surface area (Å²) in [5.41, 5.74) is 3.42. The topological polar surface area (TPSA) is 21.3 Å². The van der Waals surface area contributed by atoms with Crippen LogP contribution in [0.3, 0.4) is 0 Å². The molecule has 2 unspecified atom stereocenters. The van der Waals surface area contributed by atoms with Crippen molar-refractivity contribution in [3.63, 3.8) is 0 Å². The lowest BCUT2D eigenvalue weighted by molar-refractivity contribution is 0.252. The number of hydrogen-bond donors (Lipinski definition) is 1. The Morgan fingerprint density at radius 2 is 2.05 bits per heavy atom. The van der Waals surface area contributed by atoms with Gasteiger partial charge in [-0.25, -0.2) is 0 Å². The van der Waals surface area contributed by atoms with Crippen LogP contribution in [0.1, 0.15) is 63.1 Å². The first-order valence-electron chi connectivity index (χ1n) is 8.03. The van der Waals surface area contributed by atoms with Crippen molar-refractivity contribution in [2.75, 3.05) is 7.11 Å². The fourth-order valence-electron chi connectivity index (χ4n) is 3.97. The van der Waals surface area contributed by atoms with Crippen molar-refractivity contribution < 1.29 is 4.74 Å². The molecule has 2 atom stereocenters. The number of methoxy groups -OCH3 is 1. The van der Waals surface area contributed by atoms with E-state index >= 15 is 0 Å². The Morgan fingerprint density at radius 3 is 2.75 bits per heavy atom. The summed E-state index contributed by atoms with van der Waals surface area (Å²) >= 11 is 0. The van der Waals surface area contributed by atoms with Gasteiger partial charge in [0.1, 0.15) is 5.75 Å². The predicted molar refractivity (Wildman–Crippen MR) is 83.2 cm³/mol. The number of ether oxygens (including phenoxy) is 1. The first kappa shape index (κ1) is 13.9. The van der Waals surface area contributed by atoms with Crippen LogP contribution in [0.2, 0.25) is 0 Å². The average molecular weight is 273 g/mol. The molecule has 2 aliphatic carbocycles. The highest BCUT2D eigenvalue weighted by atomic mass is 16.5. The average Bonchev–Trinajstić information content (AvgIpc) is 2.77. The first-order chi connectivity index (χ1) is 9.60. The van der Waals surface area contributed by atoms with Crippen LogP contribution in [0.4, 0.5) is 0 Å². The lowest BCUT2D eigenvalue weighted by Gasteiger charge is -2.35. The Morgan fingerprint density at radius 1 is 1.20 bits per heavy atom. The van der Waals surface area contributed by atoms with Crippen LogP contribution in [0.25, 0.3) is 0 Å². The maximum absolute atomic E-state index is 5.36. The standard InChI is InChI=1S/C18H27NO/c1-18(2)11-5-8-17(18)19-16-7-4-6-13-12-14(20-3)9-10-15(13)16/h9-10,12,16-17,19H,4-8,11H2,1-3H3. The Kier molecular flexibility index (Phi) is 3.76. The maximum Gasteiger partial charge on any atom is 0.119 e. The highest BCUT2D eigenvalue weighted by Gasteiger charge is 2.36. The molecule has 1 N–H and O–H groups in total. The van der Waals surface area contributed by atoms with Gasteiger partial charge >= 0.3 is 0 Å². The number of hydrogen-bond acceptors (Lipinski definition) is 2. The molecular weight excluding hydrogens is 246 g/mol. The van der Waals surface area contributed by atoms with Gasteiger partial charge < -0.3 is 10.1 Å². The number of benzene rings is 1. The number of rotatable bonds is 3. The molecule has 0 bridgehead atoms. The summed E-state index contributed by atoms with van der Waals surface area (Å²) in [4.78, 5) is 0. The summed E-state index contributed by atoms with van der Waals surface area (Å²) < 4.78 is 5.36. The summed E-state index contributed by atoms with van der Waals surface area (Å²) in [6.45, 7) is 4.82. The Bertz CT molecular complexity index is 480. The van der Waals surface area contributed by atoms with E-state index in [1.54, 1.807) is 7.11 Å². The number of aryl methyl sites for hydroxylation is 1. The molecule has 0 spiro atoms. The third kappa shape index (κ3) is 2.58. The Balaban J connectivity index is 1.80. The van der Waals surface area contributed by atoms with Crippen LogP contribution in [0, 0.1) is 5.41 Å². The molecule has 0 radical (unpaired) electrons. The van der Waals surface area contributed by atoms with Crippen molar-refractivity contribution in [2.24, 2.45) is 5.41 Å². The molecular formula is C18H27NO. The van der Waals surface area contributed by atoms with Gasteiger partial charge in [-0.1, -0.05) is 26.3 Å². The largest absolute Gasteiger partial charge is 0.497 e. The summed E-state index contributed by atoms with van der Waals surface area (Å²) in [7, 11) is 1.75. The molecule has 1 aromatic rings. The van der Waals surface area contributed by atoms with Gasteiger partial charge in [-0.2, -0.15) is 0 Å². The molecule has 2 heteroatoms. The molecule has 0 saturated heterocycles. The maximum atomic E-state index is 5.36. The minimum Gasteiger partial charge on any atom is -0.497 e.